The van der Waals surface area contributed by atoms with Gasteiger partial charge in [0.05, 0.1) is 6.54 Å². The van der Waals surface area contributed by atoms with E-state index in [0.717, 1.165) is 38.8 Å². The van der Waals surface area contributed by atoms with Crippen LogP contribution in [-0.2, 0) is 9.59 Å². The first-order valence-electron chi connectivity index (χ1n) is 10.9. The van der Waals surface area contributed by atoms with Crippen molar-refractivity contribution in [3.63, 3.8) is 0 Å². The van der Waals surface area contributed by atoms with Gasteiger partial charge in [0.2, 0.25) is 23.6 Å². The van der Waals surface area contributed by atoms with Crippen molar-refractivity contribution in [3.05, 3.63) is 29.3 Å². The van der Waals surface area contributed by atoms with Gasteiger partial charge in [-0.15, -0.1) is 0 Å². The molecule has 2 saturated heterocycles. The fourth-order valence-corrected chi connectivity index (χ4v) is 4.28. The van der Waals surface area contributed by atoms with Crippen LogP contribution in [0.25, 0.3) is 0 Å². The fourth-order valence-electron chi connectivity index (χ4n) is 4.28. The molecule has 9 heteroatoms. The van der Waals surface area contributed by atoms with Crippen LogP contribution < -0.4 is 16.8 Å². The van der Waals surface area contributed by atoms with Gasteiger partial charge in [-0.2, -0.15) is 0 Å². The number of hydrogen-bond donors (Lipinski definition) is 3. The molecule has 2 aliphatic heterocycles. The molecule has 1 aromatic carbocycles. The molecule has 2 aliphatic rings. The summed E-state index contributed by atoms with van der Waals surface area (Å²) in [5.41, 5.74) is 11.1. The van der Waals surface area contributed by atoms with E-state index in [1.165, 1.54) is 31.0 Å². The average molecular weight is 430 g/mol. The third-order valence-corrected chi connectivity index (χ3v) is 6.01. The Hall–Kier alpha value is -2.94. The number of piperidine rings is 1. The Morgan fingerprint density at radius 3 is 1.90 bits per heavy atom. The van der Waals surface area contributed by atoms with Crippen molar-refractivity contribution in [1.82, 2.24) is 9.80 Å². The van der Waals surface area contributed by atoms with Gasteiger partial charge in [-0.3, -0.25) is 24.1 Å². The first-order valence-corrected chi connectivity index (χ1v) is 10.9. The van der Waals surface area contributed by atoms with Gasteiger partial charge < -0.3 is 21.7 Å². The molecule has 0 aliphatic carbocycles. The number of likely N-dealkylation sites (tertiary alicyclic amines) is 2. The summed E-state index contributed by atoms with van der Waals surface area (Å²) in [6.07, 6.45) is 6.04. The molecule has 0 atom stereocenters. The Kier molecular flexibility index (Phi) is 7.62. The molecule has 0 spiro atoms. The molecular weight excluding hydrogens is 398 g/mol. The van der Waals surface area contributed by atoms with Gasteiger partial charge in [0.15, 0.2) is 0 Å². The van der Waals surface area contributed by atoms with Crippen molar-refractivity contribution in [3.8, 4) is 0 Å². The van der Waals surface area contributed by atoms with Gasteiger partial charge in [-0.1, -0.05) is 12.8 Å². The number of carbonyl (C=O) groups is 4. The minimum atomic E-state index is -0.713. The molecule has 9 nitrogen and oxygen atoms in total. The highest BCUT2D eigenvalue weighted by Gasteiger charge is 2.29. The highest BCUT2D eigenvalue weighted by Crippen LogP contribution is 2.22. The average Bonchev–Trinajstić information content (AvgIpc) is 3.03. The lowest BCUT2D eigenvalue weighted by Gasteiger charge is -2.33. The zero-order valence-corrected chi connectivity index (χ0v) is 17.8. The third kappa shape index (κ3) is 6.27. The number of nitrogens with two attached hydrogens (primary N) is 2. The summed E-state index contributed by atoms with van der Waals surface area (Å²) >= 11 is 0. The molecule has 0 unspecified atom stereocenters. The summed E-state index contributed by atoms with van der Waals surface area (Å²) in [6.45, 7) is 3.23. The van der Waals surface area contributed by atoms with Gasteiger partial charge in [0.25, 0.3) is 0 Å². The second kappa shape index (κ2) is 10.4. The van der Waals surface area contributed by atoms with E-state index < -0.39 is 11.8 Å². The minimum Gasteiger partial charge on any atom is -0.366 e. The number of amides is 4. The number of carbonyl (C=O) groups excluding carboxylic acids is 4. The monoisotopic (exact) mass is 429 g/mol. The first kappa shape index (κ1) is 22.7. The van der Waals surface area contributed by atoms with E-state index in [4.69, 9.17) is 11.5 Å². The maximum absolute atomic E-state index is 12.8. The van der Waals surface area contributed by atoms with Crippen molar-refractivity contribution >= 4 is 29.3 Å². The van der Waals surface area contributed by atoms with E-state index in [1.807, 2.05) is 9.80 Å². The normalized spacial score (nSPS) is 18.3. The van der Waals surface area contributed by atoms with Crippen LogP contribution in [-0.4, -0.2) is 66.2 Å². The number of nitrogens with zero attached hydrogens (tertiary/aromatic N) is 2. The predicted octanol–water partition coefficient (Wildman–Crippen LogP) is 0.937. The largest absolute Gasteiger partial charge is 0.366 e. The predicted molar refractivity (Wildman–Crippen MR) is 116 cm³/mol. The molecule has 2 fully saturated rings. The van der Waals surface area contributed by atoms with Crippen LogP contribution in [0.5, 0.6) is 0 Å². The lowest BCUT2D eigenvalue weighted by molar-refractivity contribution is -0.137. The Labute approximate surface area is 182 Å². The molecule has 3 rings (SSSR count). The van der Waals surface area contributed by atoms with E-state index >= 15 is 0 Å². The Morgan fingerprint density at radius 1 is 0.839 bits per heavy atom. The summed E-state index contributed by atoms with van der Waals surface area (Å²) < 4.78 is 0. The first-order chi connectivity index (χ1) is 14.8. The van der Waals surface area contributed by atoms with Gasteiger partial charge >= 0.3 is 0 Å². The molecule has 0 aromatic heterocycles. The van der Waals surface area contributed by atoms with Gasteiger partial charge in [0, 0.05) is 35.8 Å². The number of anilines is 1. The smallest absolute Gasteiger partial charge is 0.248 e. The molecule has 5 N–H and O–H groups in total. The lowest BCUT2D eigenvalue weighted by Crippen LogP contribution is -2.44. The Bertz CT molecular complexity index is 808. The SMILES string of the molecule is NC(=O)c1cc(NC(=O)CN2CCC(C(=O)N3CCCCCC3)CC2)cc(C(N)=O)c1. The number of hydrogen-bond acceptors (Lipinski definition) is 5. The van der Waals surface area contributed by atoms with Crippen molar-refractivity contribution in [2.24, 2.45) is 17.4 Å². The zero-order chi connectivity index (χ0) is 22.4. The number of nitrogens with one attached hydrogen (secondary N) is 1. The number of benzene rings is 1. The topological polar surface area (TPSA) is 139 Å². The molecule has 0 saturated carbocycles. The minimum absolute atomic E-state index is 0.0304. The fraction of sp³-hybridized carbons (Fsp3) is 0.545. The van der Waals surface area contributed by atoms with E-state index in [-0.39, 0.29) is 35.4 Å². The molecule has 0 radical (unpaired) electrons. The molecule has 4 amide bonds. The molecule has 168 valence electrons. The van der Waals surface area contributed by atoms with E-state index in [1.54, 1.807) is 0 Å². The van der Waals surface area contributed by atoms with Crippen molar-refractivity contribution < 1.29 is 19.2 Å². The van der Waals surface area contributed by atoms with Crippen LogP contribution in [0, 0.1) is 5.92 Å². The summed E-state index contributed by atoms with van der Waals surface area (Å²) in [6, 6.07) is 4.13. The highest BCUT2D eigenvalue weighted by atomic mass is 16.2. The maximum atomic E-state index is 12.8. The van der Waals surface area contributed by atoms with Crippen LogP contribution in [0.15, 0.2) is 18.2 Å². The number of rotatable bonds is 6. The molecule has 0 bridgehead atoms. The molecule has 2 heterocycles. The zero-order valence-electron chi connectivity index (χ0n) is 17.8. The molecular formula is C22H31N5O4. The second-order valence-electron chi connectivity index (χ2n) is 8.37. The number of primary amides is 2. The van der Waals surface area contributed by atoms with Crippen molar-refractivity contribution in [2.45, 2.75) is 38.5 Å². The summed E-state index contributed by atoms with van der Waals surface area (Å²) in [5.74, 6) is -1.41. The van der Waals surface area contributed by atoms with E-state index in [0.29, 0.717) is 18.8 Å². The van der Waals surface area contributed by atoms with Crippen LogP contribution in [0.3, 0.4) is 0 Å². The lowest BCUT2D eigenvalue weighted by atomic mass is 9.95. The van der Waals surface area contributed by atoms with E-state index in [2.05, 4.69) is 5.32 Å². The van der Waals surface area contributed by atoms with E-state index in [9.17, 15) is 19.2 Å². The maximum Gasteiger partial charge on any atom is 0.248 e. The molecule has 31 heavy (non-hydrogen) atoms. The standard InChI is InChI=1S/C22H31N5O4/c23-20(29)16-11-17(21(24)30)13-18(12-16)25-19(28)14-26-9-5-15(6-10-26)22(31)27-7-3-1-2-4-8-27/h11-13,15H,1-10,14H2,(H2,23,29)(H2,24,30)(H,25,28). The van der Waals surface area contributed by atoms with Gasteiger partial charge in [0.1, 0.15) is 0 Å². The second-order valence-corrected chi connectivity index (χ2v) is 8.37. The van der Waals surface area contributed by atoms with Crippen molar-refractivity contribution in [2.75, 3.05) is 38.0 Å². The summed E-state index contributed by atoms with van der Waals surface area (Å²) in [4.78, 5) is 52.2. The Balaban J connectivity index is 1.51. The van der Waals surface area contributed by atoms with Gasteiger partial charge in [-0.25, -0.2) is 0 Å². The highest BCUT2D eigenvalue weighted by molar-refractivity contribution is 6.02. The van der Waals surface area contributed by atoms with Crippen LogP contribution in [0.2, 0.25) is 0 Å². The van der Waals surface area contributed by atoms with Crippen LogP contribution in [0.4, 0.5) is 5.69 Å². The van der Waals surface area contributed by atoms with Crippen LogP contribution >= 0.6 is 0 Å². The quantitative estimate of drug-likeness (QED) is 0.618. The summed E-state index contributed by atoms with van der Waals surface area (Å²) in [5, 5.41) is 2.70. The van der Waals surface area contributed by atoms with Gasteiger partial charge in [-0.05, 0) is 57.0 Å². The van der Waals surface area contributed by atoms with Crippen molar-refractivity contribution in [1.29, 1.82) is 0 Å². The Morgan fingerprint density at radius 2 is 1.39 bits per heavy atom. The summed E-state index contributed by atoms with van der Waals surface area (Å²) in [7, 11) is 0. The third-order valence-electron chi connectivity index (χ3n) is 6.01. The van der Waals surface area contributed by atoms with Crippen LogP contribution in [0.1, 0.15) is 59.2 Å². The molecule has 1 aromatic rings.